The van der Waals surface area contributed by atoms with Gasteiger partial charge in [-0.25, -0.2) is 0 Å². The zero-order valence-electron chi connectivity index (χ0n) is 13.0. The van der Waals surface area contributed by atoms with E-state index < -0.39 is 0 Å². The van der Waals surface area contributed by atoms with Crippen LogP contribution >= 0.6 is 11.6 Å². The first-order valence-corrected chi connectivity index (χ1v) is 8.80. The summed E-state index contributed by atoms with van der Waals surface area (Å²) < 4.78 is 0. The first-order valence-electron chi connectivity index (χ1n) is 8.42. The summed E-state index contributed by atoms with van der Waals surface area (Å²) in [6, 6.07) is 8.99. The Morgan fingerprint density at radius 3 is 2.62 bits per heavy atom. The van der Waals surface area contributed by atoms with E-state index in [2.05, 4.69) is 29.3 Å². The van der Waals surface area contributed by atoms with Crippen molar-refractivity contribution in [2.24, 2.45) is 5.92 Å². The van der Waals surface area contributed by atoms with E-state index in [9.17, 15) is 0 Å². The van der Waals surface area contributed by atoms with Crippen LogP contribution in [0.1, 0.15) is 44.1 Å². The fourth-order valence-electron chi connectivity index (χ4n) is 3.56. The number of nitrogens with one attached hydrogen (secondary N) is 1. The average Bonchev–Trinajstić information content (AvgIpc) is 2.45. The Labute approximate surface area is 133 Å². The fraction of sp³-hybridized carbons (Fsp3) is 0.667. The standard InChI is InChI=1S/C18H27ClN2/c1-14-6-9-21(10-7-14)11-8-20-16-12-15(13-16)17-4-2-3-5-18(17)19/h2-5,14-16,20H,6-13H2,1H3. The van der Waals surface area contributed by atoms with Crippen molar-refractivity contribution in [3.8, 4) is 0 Å². The summed E-state index contributed by atoms with van der Waals surface area (Å²) in [5, 5.41) is 4.65. The lowest BCUT2D eigenvalue weighted by Gasteiger charge is -2.38. The van der Waals surface area contributed by atoms with Crippen LogP contribution in [0.15, 0.2) is 24.3 Å². The van der Waals surface area contributed by atoms with Crippen LogP contribution < -0.4 is 5.32 Å². The van der Waals surface area contributed by atoms with Crippen molar-refractivity contribution in [1.82, 2.24) is 10.2 Å². The molecule has 1 aromatic carbocycles. The Bertz CT molecular complexity index is 448. The highest BCUT2D eigenvalue weighted by Gasteiger charge is 2.30. The number of piperidine rings is 1. The summed E-state index contributed by atoms with van der Waals surface area (Å²) in [6.07, 6.45) is 5.22. The molecule has 1 saturated carbocycles. The summed E-state index contributed by atoms with van der Waals surface area (Å²) in [7, 11) is 0. The molecule has 1 heterocycles. The van der Waals surface area contributed by atoms with E-state index in [0.29, 0.717) is 12.0 Å². The molecule has 1 aromatic rings. The number of hydrogen-bond donors (Lipinski definition) is 1. The molecule has 0 radical (unpaired) electrons. The molecule has 3 rings (SSSR count). The van der Waals surface area contributed by atoms with Gasteiger partial charge < -0.3 is 10.2 Å². The second-order valence-electron chi connectivity index (χ2n) is 6.87. The number of nitrogens with zero attached hydrogens (tertiary/aromatic N) is 1. The lowest BCUT2D eigenvalue weighted by atomic mass is 9.76. The van der Waals surface area contributed by atoms with Gasteiger partial charge in [0.1, 0.15) is 0 Å². The maximum absolute atomic E-state index is 6.27. The van der Waals surface area contributed by atoms with Crippen LogP contribution in [-0.2, 0) is 0 Å². The van der Waals surface area contributed by atoms with E-state index in [4.69, 9.17) is 11.6 Å². The monoisotopic (exact) mass is 306 g/mol. The SMILES string of the molecule is CC1CCN(CCNC2CC(c3ccccc3Cl)C2)CC1. The molecule has 0 amide bonds. The van der Waals surface area contributed by atoms with Gasteiger partial charge in [0.2, 0.25) is 0 Å². The maximum Gasteiger partial charge on any atom is 0.0440 e. The van der Waals surface area contributed by atoms with Crippen molar-refractivity contribution in [2.45, 2.75) is 44.6 Å². The second-order valence-corrected chi connectivity index (χ2v) is 7.27. The molecule has 2 nitrogen and oxygen atoms in total. The normalized spacial score (nSPS) is 27.5. The van der Waals surface area contributed by atoms with Crippen LogP contribution in [0.3, 0.4) is 0 Å². The predicted molar refractivity (Wildman–Crippen MR) is 90.1 cm³/mol. The van der Waals surface area contributed by atoms with Crippen LogP contribution in [0.5, 0.6) is 0 Å². The molecule has 1 aliphatic heterocycles. The molecule has 3 heteroatoms. The number of rotatable bonds is 5. The fourth-order valence-corrected chi connectivity index (χ4v) is 3.85. The molecule has 0 aromatic heterocycles. The smallest absolute Gasteiger partial charge is 0.0440 e. The van der Waals surface area contributed by atoms with Gasteiger partial charge in [0.05, 0.1) is 0 Å². The zero-order valence-corrected chi connectivity index (χ0v) is 13.8. The Kier molecular flexibility index (Phi) is 5.20. The first kappa shape index (κ1) is 15.3. The molecule has 1 aliphatic carbocycles. The lowest BCUT2D eigenvalue weighted by Crippen LogP contribution is -2.44. The van der Waals surface area contributed by atoms with Crippen molar-refractivity contribution in [2.75, 3.05) is 26.2 Å². The minimum absolute atomic E-state index is 0.659. The van der Waals surface area contributed by atoms with Gasteiger partial charge in [-0.3, -0.25) is 0 Å². The van der Waals surface area contributed by atoms with Gasteiger partial charge in [0.15, 0.2) is 0 Å². The van der Waals surface area contributed by atoms with E-state index in [-0.39, 0.29) is 0 Å². The first-order chi connectivity index (χ1) is 10.2. The Hall–Kier alpha value is -0.570. The minimum Gasteiger partial charge on any atom is -0.313 e. The van der Waals surface area contributed by atoms with E-state index in [0.717, 1.165) is 17.5 Å². The second kappa shape index (κ2) is 7.13. The van der Waals surface area contributed by atoms with E-state index >= 15 is 0 Å². The highest BCUT2D eigenvalue weighted by molar-refractivity contribution is 6.31. The topological polar surface area (TPSA) is 15.3 Å². The van der Waals surface area contributed by atoms with Gasteiger partial charge in [-0.15, -0.1) is 0 Å². The summed E-state index contributed by atoms with van der Waals surface area (Å²) in [5.74, 6) is 1.59. The number of halogens is 1. The van der Waals surface area contributed by atoms with Crippen LogP contribution in [0, 0.1) is 5.92 Å². The molecule has 2 fully saturated rings. The third kappa shape index (κ3) is 4.00. The van der Waals surface area contributed by atoms with Gasteiger partial charge >= 0.3 is 0 Å². The Balaban J connectivity index is 1.33. The molecule has 0 atom stereocenters. The average molecular weight is 307 g/mol. The summed E-state index contributed by atoms with van der Waals surface area (Å²) in [6.45, 7) is 7.29. The molecule has 0 spiro atoms. The molecular weight excluding hydrogens is 280 g/mol. The minimum atomic E-state index is 0.659. The van der Waals surface area contributed by atoms with Crippen molar-refractivity contribution >= 4 is 11.6 Å². The zero-order chi connectivity index (χ0) is 14.7. The van der Waals surface area contributed by atoms with Crippen LogP contribution in [0.25, 0.3) is 0 Å². The van der Waals surface area contributed by atoms with Gasteiger partial charge in [-0.2, -0.15) is 0 Å². The number of likely N-dealkylation sites (tertiary alicyclic amines) is 1. The summed E-state index contributed by atoms with van der Waals surface area (Å²) >= 11 is 6.27. The van der Waals surface area contributed by atoms with Crippen LogP contribution in [0.2, 0.25) is 5.02 Å². The van der Waals surface area contributed by atoms with Crippen LogP contribution in [-0.4, -0.2) is 37.1 Å². The molecular formula is C18H27ClN2. The van der Waals surface area contributed by atoms with E-state index in [1.807, 2.05) is 12.1 Å². The Morgan fingerprint density at radius 2 is 1.90 bits per heavy atom. The summed E-state index contributed by atoms with van der Waals surface area (Å²) in [5.41, 5.74) is 1.34. The molecule has 21 heavy (non-hydrogen) atoms. The largest absolute Gasteiger partial charge is 0.313 e. The van der Waals surface area contributed by atoms with Gasteiger partial charge in [-0.1, -0.05) is 36.7 Å². The lowest BCUT2D eigenvalue weighted by molar-refractivity contribution is 0.184. The maximum atomic E-state index is 6.27. The van der Waals surface area contributed by atoms with Crippen molar-refractivity contribution < 1.29 is 0 Å². The molecule has 0 unspecified atom stereocenters. The highest BCUT2D eigenvalue weighted by Crippen LogP contribution is 2.39. The molecule has 0 bridgehead atoms. The molecule has 116 valence electrons. The van der Waals surface area contributed by atoms with E-state index in [1.165, 1.54) is 50.9 Å². The number of benzene rings is 1. The van der Waals surface area contributed by atoms with Crippen molar-refractivity contribution in [3.05, 3.63) is 34.9 Å². The quantitative estimate of drug-likeness (QED) is 0.887. The third-order valence-corrected chi connectivity index (χ3v) is 5.56. The third-order valence-electron chi connectivity index (χ3n) is 5.22. The highest BCUT2D eigenvalue weighted by atomic mass is 35.5. The summed E-state index contributed by atoms with van der Waals surface area (Å²) in [4.78, 5) is 2.61. The van der Waals surface area contributed by atoms with Crippen molar-refractivity contribution in [1.29, 1.82) is 0 Å². The van der Waals surface area contributed by atoms with Gasteiger partial charge in [0.25, 0.3) is 0 Å². The predicted octanol–water partition coefficient (Wildman–Crippen LogP) is 3.91. The molecule has 1 N–H and O–H groups in total. The molecule has 1 saturated heterocycles. The van der Waals surface area contributed by atoms with Crippen molar-refractivity contribution in [3.63, 3.8) is 0 Å². The molecule has 2 aliphatic rings. The number of hydrogen-bond acceptors (Lipinski definition) is 2. The van der Waals surface area contributed by atoms with Gasteiger partial charge in [0, 0.05) is 24.2 Å². The van der Waals surface area contributed by atoms with Gasteiger partial charge in [-0.05, 0) is 62.2 Å². The Morgan fingerprint density at radius 1 is 1.19 bits per heavy atom. The van der Waals surface area contributed by atoms with Crippen LogP contribution in [0.4, 0.5) is 0 Å². The van der Waals surface area contributed by atoms with E-state index in [1.54, 1.807) is 0 Å².